The molecule has 3 heterocycles. The first-order valence-corrected chi connectivity index (χ1v) is 10.5. The number of hydrogen-bond donors (Lipinski definition) is 1. The number of amides is 1. The second-order valence-corrected chi connectivity index (χ2v) is 7.85. The minimum Gasteiger partial charge on any atom is -0.503 e. The Balaban J connectivity index is 1.50. The minimum absolute atomic E-state index is 0.0259. The van der Waals surface area contributed by atoms with Crippen LogP contribution in [0.2, 0.25) is 0 Å². The maximum absolute atomic E-state index is 13.6. The fourth-order valence-electron chi connectivity index (χ4n) is 4.18. The third-order valence-electron chi connectivity index (χ3n) is 5.76. The van der Waals surface area contributed by atoms with E-state index >= 15 is 0 Å². The molecule has 1 atom stereocenters. The van der Waals surface area contributed by atoms with Gasteiger partial charge in [-0.3, -0.25) is 9.59 Å². The van der Waals surface area contributed by atoms with Crippen molar-refractivity contribution < 1.29 is 23.5 Å². The van der Waals surface area contributed by atoms with Crippen LogP contribution in [0, 0.1) is 5.82 Å². The van der Waals surface area contributed by atoms with Crippen LogP contribution in [0.4, 0.5) is 4.39 Å². The summed E-state index contributed by atoms with van der Waals surface area (Å²) in [5.74, 6) is -2.25. The third kappa shape index (κ3) is 3.80. The monoisotopic (exact) mass is 445 g/mol. The molecule has 33 heavy (non-hydrogen) atoms. The molecule has 0 radical (unpaired) electrons. The SMILES string of the molecule is O=C(C1=C(O)C(=O)N(CCCn2ccnc2)[C@H]1c1ccc(F)cc1)c1cc2ccccc2o1. The average Bonchev–Trinajstić information content (AvgIpc) is 3.54. The van der Waals surface area contributed by atoms with Crippen molar-refractivity contribution >= 4 is 22.7 Å². The highest BCUT2D eigenvalue weighted by molar-refractivity contribution is 6.16. The van der Waals surface area contributed by atoms with Crippen molar-refractivity contribution in [3.63, 3.8) is 0 Å². The largest absolute Gasteiger partial charge is 0.503 e. The van der Waals surface area contributed by atoms with Crippen LogP contribution in [-0.2, 0) is 11.3 Å². The molecule has 0 unspecified atom stereocenters. The van der Waals surface area contributed by atoms with Crippen molar-refractivity contribution in [2.75, 3.05) is 6.54 Å². The predicted octanol–water partition coefficient (Wildman–Crippen LogP) is 4.44. The first-order chi connectivity index (χ1) is 16.0. The molecule has 0 saturated heterocycles. The van der Waals surface area contributed by atoms with E-state index in [0.717, 1.165) is 5.39 Å². The first kappa shape index (κ1) is 20.7. The minimum atomic E-state index is -0.860. The Labute approximate surface area is 188 Å². The van der Waals surface area contributed by atoms with E-state index in [1.807, 2.05) is 22.9 Å². The van der Waals surface area contributed by atoms with Gasteiger partial charge in [0.2, 0.25) is 5.78 Å². The smallest absolute Gasteiger partial charge is 0.290 e. The zero-order valence-electron chi connectivity index (χ0n) is 17.5. The van der Waals surface area contributed by atoms with E-state index in [4.69, 9.17) is 4.42 Å². The highest BCUT2D eigenvalue weighted by Crippen LogP contribution is 2.39. The maximum atomic E-state index is 13.6. The van der Waals surface area contributed by atoms with Gasteiger partial charge in [0.15, 0.2) is 11.5 Å². The van der Waals surface area contributed by atoms with E-state index in [9.17, 15) is 19.1 Å². The Morgan fingerprint density at radius 2 is 1.91 bits per heavy atom. The Morgan fingerprint density at radius 3 is 2.64 bits per heavy atom. The summed E-state index contributed by atoms with van der Waals surface area (Å²) in [5, 5.41) is 11.5. The lowest BCUT2D eigenvalue weighted by Crippen LogP contribution is -2.32. The van der Waals surface area contributed by atoms with Gasteiger partial charge in [-0.05, 0) is 36.2 Å². The number of ketones is 1. The number of aliphatic hydroxyl groups is 1. The summed E-state index contributed by atoms with van der Waals surface area (Å²) in [6.45, 7) is 0.882. The Kier molecular flexibility index (Phi) is 5.26. The van der Waals surface area contributed by atoms with Crippen LogP contribution in [-0.4, -0.2) is 37.8 Å². The molecule has 0 bridgehead atoms. The molecule has 1 N–H and O–H groups in total. The molecule has 1 aliphatic rings. The average molecular weight is 445 g/mol. The summed E-state index contributed by atoms with van der Waals surface area (Å²) in [6.07, 6.45) is 5.73. The summed E-state index contributed by atoms with van der Waals surface area (Å²) < 4.78 is 21.2. The number of carbonyl (C=O) groups is 2. The predicted molar refractivity (Wildman–Crippen MR) is 118 cm³/mol. The molecule has 2 aromatic carbocycles. The van der Waals surface area contributed by atoms with Crippen molar-refractivity contribution in [3.05, 3.63) is 102 Å². The van der Waals surface area contributed by atoms with Crippen LogP contribution < -0.4 is 0 Å². The number of aryl methyl sites for hydroxylation is 1. The molecule has 0 saturated carbocycles. The number of furan rings is 1. The molecule has 0 spiro atoms. The number of para-hydroxylation sites is 1. The van der Waals surface area contributed by atoms with Gasteiger partial charge in [-0.25, -0.2) is 9.37 Å². The molecule has 1 amide bonds. The fourth-order valence-corrected chi connectivity index (χ4v) is 4.18. The van der Waals surface area contributed by atoms with Crippen LogP contribution in [0.3, 0.4) is 0 Å². The highest BCUT2D eigenvalue weighted by atomic mass is 19.1. The van der Waals surface area contributed by atoms with E-state index in [1.165, 1.54) is 29.2 Å². The summed E-state index contributed by atoms with van der Waals surface area (Å²) in [7, 11) is 0. The topological polar surface area (TPSA) is 88.6 Å². The number of carbonyl (C=O) groups excluding carboxylic acids is 2. The number of benzene rings is 2. The molecule has 5 rings (SSSR count). The number of imidazole rings is 1. The second-order valence-electron chi connectivity index (χ2n) is 7.85. The molecule has 4 aromatic rings. The number of rotatable bonds is 7. The van der Waals surface area contributed by atoms with Gasteiger partial charge >= 0.3 is 0 Å². The Hall–Kier alpha value is -4.20. The molecule has 8 heteroatoms. The van der Waals surface area contributed by atoms with Crippen molar-refractivity contribution in [1.82, 2.24) is 14.5 Å². The molecule has 7 nitrogen and oxygen atoms in total. The number of aromatic nitrogens is 2. The lowest BCUT2D eigenvalue weighted by Gasteiger charge is -2.26. The van der Waals surface area contributed by atoms with E-state index in [0.29, 0.717) is 24.1 Å². The first-order valence-electron chi connectivity index (χ1n) is 10.5. The third-order valence-corrected chi connectivity index (χ3v) is 5.76. The molecular formula is C25H20FN3O4. The summed E-state index contributed by atoms with van der Waals surface area (Å²) in [5.41, 5.74) is 0.977. The van der Waals surface area contributed by atoms with Crippen molar-refractivity contribution in [2.45, 2.75) is 19.0 Å². The molecular weight excluding hydrogens is 425 g/mol. The fraction of sp³-hybridized carbons (Fsp3) is 0.160. The van der Waals surface area contributed by atoms with Crippen molar-refractivity contribution in [2.24, 2.45) is 0 Å². The quantitative estimate of drug-likeness (QED) is 0.425. The van der Waals surface area contributed by atoms with Gasteiger partial charge in [0.1, 0.15) is 11.4 Å². The summed E-state index contributed by atoms with van der Waals surface area (Å²) in [4.78, 5) is 31.9. The lowest BCUT2D eigenvalue weighted by molar-refractivity contribution is -0.129. The molecule has 2 aromatic heterocycles. The number of halogens is 1. The Bertz CT molecular complexity index is 1320. The molecule has 0 fully saturated rings. The van der Waals surface area contributed by atoms with Crippen LogP contribution in [0.5, 0.6) is 0 Å². The van der Waals surface area contributed by atoms with Crippen LogP contribution >= 0.6 is 0 Å². The second kappa shape index (κ2) is 8.38. The summed E-state index contributed by atoms with van der Waals surface area (Å²) in [6, 6.07) is 13.5. The van der Waals surface area contributed by atoms with Gasteiger partial charge in [0, 0.05) is 30.9 Å². The van der Waals surface area contributed by atoms with Crippen LogP contribution in [0.1, 0.15) is 28.6 Å². The van der Waals surface area contributed by atoms with Crippen LogP contribution in [0.15, 0.2) is 89.1 Å². The number of nitrogens with zero attached hydrogens (tertiary/aromatic N) is 3. The number of Topliss-reactive ketones (excluding diaryl/α,β-unsaturated/α-hetero) is 1. The van der Waals surface area contributed by atoms with E-state index in [2.05, 4.69) is 4.98 Å². The van der Waals surface area contributed by atoms with Gasteiger partial charge in [-0.2, -0.15) is 0 Å². The van der Waals surface area contributed by atoms with E-state index in [-0.39, 0.29) is 17.9 Å². The summed E-state index contributed by atoms with van der Waals surface area (Å²) >= 11 is 0. The maximum Gasteiger partial charge on any atom is 0.290 e. The normalized spacial score (nSPS) is 16.2. The van der Waals surface area contributed by atoms with E-state index < -0.39 is 29.3 Å². The van der Waals surface area contributed by atoms with Crippen molar-refractivity contribution in [1.29, 1.82) is 0 Å². The van der Waals surface area contributed by atoms with Crippen molar-refractivity contribution in [3.8, 4) is 0 Å². The zero-order valence-corrected chi connectivity index (χ0v) is 17.5. The van der Waals surface area contributed by atoms with Gasteiger partial charge in [-0.1, -0.05) is 30.3 Å². The molecule has 1 aliphatic heterocycles. The lowest BCUT2D eigenvalue weighted by atomic mass is 9.95. The molecule has 166 valence electrons. The van der Waals surface area contributed by atoms with Gasteiger partial charge in [0.25, 0.3) is 5.91 Å². The number of aliphatic hydroxyl groups excluding tert-OH is 1. The Morgan fingerprint density at radius 1 is 1.12 bits per heavy atom. The highest BCUT2D eigenvalue weighted by Gasteiger charge is 2.44. The van der Waals surface area contributed by atoms with Gasteiger partial charge in [0.05, 0.1) is 17.9 Å². The van der Waals surface area contributed by atoms with Gasteiger partial charge in [-0.15, -0.1) is 0 Å². The van der Waals surface area contributed by atoms with Crippen LogP contribution in [0.25, 0.3) is 11.0 Å². The molecule has 0 aliphatic carbocycles. The van der Waals surface area contributed by atoms with Gasteiger partial charge < -0.3 is 19.0 Å². The standard InChI is InChI=1S/C25H20FN3O4/c26-18-8-6-16(7-9-18)22-21(23(30)20-14-17-4-1-2-5-19(17)33-20)24(31)25(32)29(22)12-3-11-28-13-10-27-15-28/h1-2,4-10,13-15,22,31H,3,11-12H2/t22-/m0/s1. The number of fused-ring (bicyclic) bond motifs is 1. The van der Waals surface area contributed by atoms with E-state index in [1.54, 1.807) is 30.7 Å². The number of hydrogen-bond acceptors (Lipinski definition) is 5. The zero-order chi connectivity index (χ0) is 22.9.